The average molecular weight is 470 g/mol. The zero-order valence-corrected chi connectivity index (χ0v) is 18.2. The summed E-state index contributed by atoms with van der Waals surface area (Å²) >= 11 is 1.68. The molecule has 2 aromatic rings. The van der Waals surface area contributed by atoms with E-state index in [1.54, 1.807) is 11.8 Å². The monoisotopic (exact) mass is 469 g/mol. The van der Waals surface area contributed by atoms with Gasteiger partial charge >= 0.3 is 6.09 Å². The third kappa shape index (κ3) is 5.32. The summed E-state index contributed by atoms with van der Waals surface area (Å²) in [5.41, 5.74) is -0.365. The molecule has 0 aliphatic carbocycles. The van der Waals surface area contributed by atoms with Crippen LogP contribution in [0.4, 0.5) is 13.6 Å². The number of nitrogens with zero attached hydrogens (tertiary/aromatic N) is 2. The van der Waals surface area contributed by atoms with Crippen LogP contribution in [0, 0.1) is 11.7 Å². The second-order valence-corrected chi connectivity index (χ2v) is 9.33. The lowest BCUT2D eigenvalue weighted by atomic mass is 9.96. The molecule has 0 saturated carbocycles. The second-order valence-electron chi connectivity index (χ2n) is 8.04. The van der Waals surface area contributed by atoms with Crippen molar-refractivity contribution in [3.63, 3.8) is 0 Å². The highest BCUT2D eigenvalue weighted by Gasteiger charge is 2.32. The first-order valence-corrected chi connectivity index (χ1v) is 11.6. The first-order chi connectivity index (χ1) is 15.4. The molecule has 4 rings (SSSR count). The summed E-state index contributed by atoms with van der Waals surface area (Å²) < 4.78 is 39.9. The van der Waals surface area contributed by atoms with Gasteiger partial charge in [0, 0.05) is 43.1 Å². The molecule has 0 bridgehead atoms. The van der Waals surface area contributed by atoms with Gasteiger partial charge in [-0.15, -0.1) is 0 Å². The zero-order chi connectivity index (χ0) is 22.7. The smallest absolute Gasteiger partial charge is 0.407 e. The molecule has 2 aliphatic rings. The van der Waals surface area contributed by atoms with Gasteiger partial charge in [-0.25, -0.2) is 18.6 Å². The topological polar surface area (TPSA) is 105 Å². The number of hydrogen-bond donors (Lipinski definition) is 2. The molecule has 0 radical (unpaired) electrons. The van der Waals surface area contributed by atoms with E-state index >= 15 is 0 Å². The minimum absolute atomic E-state index is 0.0186. The number of halogens is 2. The van der Waals surface area contributed by atoms with E-state index in [4.69, 9.17) is 14.6 Å². The van der Waals surface area contributed by atoms with Gasteiger partial charge in [-0.2, -0.15) is 11.8 Å². The number of carbonyl (C=O) groups is 1. The number of rotatable bonds is 6. The van der Waals surface area contributed by atoms with E-state index in [0.717, 1.165) is 37.0 Å². The molecular formula is C21H25F2N3O5S. The van der Waals surface area contributed by atoms with Crippen LogP contribution in [0.5, 0.6) is 5.75 Å². The lowest BCUT2D eigenvalue weighted by molar-refractivity contribution is 0.0551. The lowest BCUT2D eigenvalue weighted by Gasteiger charge is -2.32. The Morgan fingerprint density at radius 2 is 2.12 bits per heavy atom. The minimum Gasteiger partial charge on any atom is -0.493 e. The van der Waals surface area contributed by atoms with Crippen molar-refractivity contribution in [1.29, 1.82) is 0 Å². The van der Waals surface area contributed by atoms with Crippen molar-refractivity contribution < 1.29 is 28.2 Å². The van der Waals surface area contributed by atoms with Gasteiger partial charge < -0.3 is 24.5 Å². The number of nitrogens with one attached hydrogen (secondary N) is 1. The number of amides is 1. The number of alkyl halides is 1. The Bertz CT molecular complexity index is 1030. The Hall–Kier alpha value is -2.40. The van der Waals surface area contributed by atoms with Crippen LogP contribution in [-0.4, -0.2) is 70.4 Å². The summed E-state index contributed by atoms with van der Waals surface area (Å²) in [6.07, 6.45) is -0.313. The number of likely N-dealkylation sites (tertiary alicyclic amines) is 1. The van der Waals surface area contributed by atoms with Gasteiger partial charge in [0.15, 0.2) is 0 Å². The first-order valence-electron chi connectivity index (χ1n) is 10.6. The fourth-order valence-electron chi connectivity index (χ4n) is 3.96. The molecule has 32 heavy (non-hydrogen) atoms. The molecule has 2 saturated heterocycles. The van der Waals surface area contributed by atoms with Crippen LogP contribution in [0.15, 0.2) is 16.9 Å². The van der Waals surface area contributed by atoms with Crippen molar-refractivity contribution in [2.75, 3.05) is 32.9 Å². The van der Waals surface area contributed by atoms with Crippen molar-refractivity contribution in [2.45, 2.75) is 36.4 Å². The maximum Gasteiger partial charge on any atom is 0.407 e. The van der Waals surface area contributed by atoms with E-state index in [2.05, 4.69) is 9.97 Å². The Balaban J connectivity index is 1.44. The fraction of sp³-hybridized carbons (Fsp3) is 0.571. The van der Waals surface area contributed by atoms with Crippen molar-refractivity contribution in [3.05, 3.63) is 34.1 Å². The number of hydrogen-bond acceptors (Lipinski definition) is 6. The van der Waals surface area contributed by atoms with Crippen LogP contribution in [0.2, 0.25) is 0 Å². The maximum absolute atomic E-state index is 14.6. The normalized spacial score (nSPS) is 22.2. The molecule has 0 spiro atoms. The summed E-state index contributed by atoms with van der Waals surface area (Å²) in [6.45, 7) is 1.44. The summed E-state index contributed by atoms with van der Waals surface area (Å²) in [5.74, 6) is -0.145. The molecule has 1 aromatic heterocycles. The Labute approximate surface area is 187 Å². The van der Waals surface area contributed by atoms with E-state index in [1.165, 1.54) is 6.07 Å². The van der Waals surface area contributed by atoms with Crippen LogP contribution in [0.1, 0.15) is 25.1 Å². The second kappa shape index (κ2) is 10.0. The van der Waals surface area contributed by atoms with Gasteiger partial charge in [0.1, 0.15) is 28.9 Å². The van der Waals surface area contributed by atoms with Gasteiger partial charge in [0.05, 0.1) is 24.4 Å². The number of benzene rings is 1. The van der Waals surface area contributed by atoms with Crippen LogP contribution in [0.25, 0.3) is 10.9 Å². The van der Waals surface area contributed by atoms with Gasteiger partial charge in [-0.05, 0) is 19.3 Å². The Kier molecular flexibility index (Phi) is 7.14. The molecular weight excluding hydrogens is 444 g/mol. The molecule has 8 nitrogen and oxygen atoms in total. The Morgan fingerprint density at radius 1 is 1.34 bits per heavy atom. The Morgan fingerprint density at radius 3 is 2.84 bits per heavy atom. The van der Waals surface area contributed by atoms with Gasteiger partial charge in [-0.3, -0.25) is 4.79 Å². The van der Waals surface area contributed by atoms with Gasteiger partial charge in [-0.1, -0.05) is 0 Å². The average Bonchev–Trinajstić information content (AvgIpc) is 2.77. The minimum atomic E-state index is -1.36. The maximum atomic E-state index is 14.6. The summed E-state index contributed by atoms with van der Waals surface area (Å²) in [4.78, 5) is 31.5. The molecule has 2 unspecified atom stereocenters. The highest BCUT2D eigenvalue weighted by molar-refractivity contribution is 7.99. The predicted molar refractivity (Wildman–Crippen MR) is 116 cm³/mol. The van der Waals surface area contributed by atoms with Crippen LogP contribution < -0.4 is 10.3 Å². The molecule has 2 N–H and O–H groups in total. The number of piperidine rings is 1. The number of carboxylic acid groups (broad SMARTS) is 1. The van der Waals surface area contributed by atoms with Crippen molar-refractivity contribution in [2.24, 2.45) is 5.92 Å². The quantitative estimate of drug-likeness (QED) is 0.670. The lowest BCUT2D eigenvalue weighted by Crippen LogP contribution is -2.45. The van der Waals surface area contributed by atoms with E-state index in [9.17, 15) is 18.4 Å². The van der Waals surface area contributed by atoms with E-state index in [1.807, 2.05) is 0 Å². The van der Waals surface area contributed by atoms with Crippen molar-refractivity contribution in [1.82, 2.24) is 14.9 Å². The molecule has 1 aromatic carbocycles. The summed E-state index contributed by atoms with van der Waals surface area (Å²) in [6, 6.07) is 2.57. The molecule has 174 valence electrons. The first kappa shape index (κ1) is 22.8. The number of aromatic nitrogens is 2. The van der Waals surface area contributed by atoms with E-state index < -0.39 is 29.6 Å². The SMILES string of the molecule is O=C(O)N1CCC(COc2cc(F)c3c(=O)[nH]c(CSC4CCOCC4)nc3c2)C(F)C1. The van der Waals surface area contributed by atoms with Gasteiger partial charge in [0.25, 0.3) is 5.56 Å². The van der Waals surface area contributed by atoms with Crippen LogP contribution >= 0.6 is 11.8 Å². The number of fused-ring (bicyclic) bond motifs is 1. The number of H-pyrrole nitrogens is 1. The molecule has 2 fully saturated rings. The third-order valence-corrected chi connectivity index (χ3v) is 7.20. The number of thioether (sulfide) groups is 1. The molecule has 11 heteroatoms. The van der Waals surface area contributed by atoms with Crippen LogP contribution in [0.3, 0.4) is 0 Å². The highest BCUT2D eigenvalue weighted by Crippen LogP contribution is 2.27. The van der Waals surface area contributed by atoms with Gasteiger partial charge in [0.2, 0.25) is 0 Å². The standard InChI is InChI=1S/C21H25F2N3O5S/c22-15-7-13(31-10-12-1-4-26(21(28)29)9-16(12)23)8-17-19(15)20(27)25-18(24-17)11-32-14-2-5-30-6-3-14/h7-8,12,14,16H,1-6,9-11H2,(H,28,29)(H,24,25,27). The van der Waals surface area contributed by atoms with E-state index in [-0.39, 0.29) is 36.3 Å². The number of ether oxygens (including phenoxy) is 2. The largest absolute Gasteiger partial charge is 0.493 e. The molecule has 2 aliphatic heterocycles. The molecule has 3 heterocycles. The van der Waals surface area contributed by atoms with Crippen LogP contribution in [-0.2, 0) is 10.5 Å². The summed E-state index contributed by atoms with van der Waals surface area (Å²) in [7, 11) is 0. The summed E-state index contributed by atoms with van der Waals surface area (Å²) in [5, 5.41) is 9.27. The zero-order valence-electron chi connectivity index (χ0n) is 17.4. The highest BCUT2D eigenvalue weighted by atomic mass is 32.2. The van der Waals surface area contributed by atoms with Crippen molar-refractivity contribution >= 4 is 28.8 Å². The fourth-order valence-corrected chi connectivity index (χ4v) is 5.01. The third-order valence-electron chi connectivity index (χ3n) is 5.82. The molecule has 1 amide bonds. The molecule has 2 atom stereocenters. The van der Waals surface area contributed by atoms with Crippen molar-refractivity contribution in [3.8, 4) is 5.75 Å². The predicted octanol–water partition coefficient (Wildman–Crippen LogP) is 3.19. The van der Waals surface area contributed by atoms with E-state index in [0.29, 0.717) is 23.2 Å². The number of aromatic amines is 1.